The number of nitrogens with one attached hydrogen (secondary N) is 1. The van der Waals surface area contributed by atoms with Gasteiger partial charge in [-0.15, -0.1) is 0 Å². The Morgan fingerprint density at radius 1 is 1.19 bits per heavy atom. The summed E-state index contributed by atoms with van der Waals surface area (Å²) in [6, 6.07) is 0. The average Bonchev–Trinajstić information content (AvgIpc) is 2.93. The van der Waals surface area contributed by atoms with Gasteiger partial charge in [0.05, 0.1) is 6.54 Å². The van der Waals surface area contributed by atoms with Crippen LogP contribution in [-0.4, -0.2) is 60.9 Å². The van der Waals surface area contributed by atoms with Gasteiger partial charge in [-0.1, -0.05) is 0 Å². The number of hydrogen-bond donors (Lipinski definition) is 1. The number of nitrogens with zero attached hydrogens (tertiary/aromatic N) is 2. The summed E-state index contributed by atoms with van der Waals surface area (Å²) in [5.41, 5.74) is 0.140. The SMILES string of the molecule is O=C(C(=O)N1CCCC2(CCNC2)C1)N1CCC=C(F)C1. The molecule has 0 bridgehead atoms. The number of carbonyl (C=O) groups excluding carboxylic acids is 2. The summed E-state index contributed by atoms with van der Waals surface area (Å²) in [4.78, 5) is 27.7. The van der Waals surface area contributed by atoms with Gasteiger partial charge in [-0.05, 0) is 38.3 Å². The molecule has 116 valence electrons. The highest BCUT2D eigenvalue weighted by Gasteiger charge is 2.41. The van der Waals surface area contributed by atoms with Crippen LogP contribution >= 0.6 is 0 Å². The highest BCUT2D eigenvalue weighted by Crippen LogP contribution is 2.35. The van der Waals surface area contributed by atoms with Crippen LogP contribution in [0.5, 0.6) is 0 Å². The Morgan fingerprint density at radius 2 is 2.00 bits per heavy atom. The maximum atomic E-state index is 13.3. The number of piperidine rings is 1. The zero-order valence-corrected chi connectivity index (χ0v) is 12.2. The van der Waals surface area contributed by atoms with Gasteiger partial charge in [0.25, 0.3) is 0 Å². The normalized spacial score (nSPS) is 29.7. The summed E-state index contributed by atoms with van der Waals surface area (Å²) in [7, 11) is 0. The lowest BCUT2D eigenvalue weighted by molar-refractivity contribution is -0.153. The van der Waals surface area contributed by atoms with E-state index in [2.05, 4.69) is 5.32 Å². The van der Waals surface area contributed by atoms with Gasteiger partial charge in [0.1, 0.15) is 5.83 Å². The molecule has 0 aromatic carbocycles. The Kier molecular flexibility index (Phi) is 3.97. The van der Waals surface area contributed by atoms with Crippen molar-refractivity contribution in [1.82, 2.24) is 15.1 Å². The molecule has 0 radical (unpaired) electrons. The van der Waals surface area contributed by atoms with Gasteiger partial charge < -0.3 is 15.1 Å². The second-order valence-corrected chi connectivity index (χ2v) is 6.42. The number of likely N-dealkylation sites (tertiary alicyclic amines) is 1. The van der Waals surface area contributed by atoms with Crippen molar-refractivity contribution in [2.45, 2.75) is 25.7 Å². The minimum absolute atomic E-state index is 0.0644. The summed E-state index contributed by atoms with van der Waals surface area (Å²) in [6.07, 6.45) is 5.08. The summed E-state index contributed by atoms with van der Waals surface area (Å²) in [5.74, 6) is -1.34. The Balaban J connectivity index is 1.64. The van der Waals surface area contributed by atoms with Gasteiger partial charge >= 0.3 is 11.8 Å². The van der Waals surface area contributed by atoms with Crippen LogP contribution in [-0.2, 0) is 9.59 Å². The topological polar surface area (TPSA) is 52.7 Å². The molecule has 2 saturated heterocycles. The van der Waals surface area contributed by atoms with E-state index in [9.17, 15) is 14.0 Å². The van der Waals surface area contributed by atoms with E-state index in [4.69, 9.17) is 0 Å². The van der Waals surface area contributed by atoms with Gasteiger partial charge in [0, 0.05) is 31.6 Å². The fourth-order valence-corrected chi connectivity index (χ4v) is 3.67. The van der Waals surface area contributed by atoms with Crippen molar-refractivity contribution in [2.24, 2.45) is 5.41 Å². The first kappa shape index (κ1) is 14.5. The molecular formula is C15H22FN3O2. The van der Waals surface area contributed by atoms with Crippen molar-refractivity contribution in [1.29, 1.82) is 0 Å². The molecule has 3 heterocycles. The van der Waals surface area contributed by atoms with E-state index >= 15 is 0 Å². The molecule has 3 aliphatic rings. The van der Waals surface area contributed by atoms with Crippen LogP contribution < -0.4 is 5.32 Å². The molecule has 3 rings (SSSR count). The lowest BCUT2D eigenvalue weighted by atomic mass is 9.79. The Hall–Kier alpha value is -1.43. The number of hydrogen-bond acceptors (Lipinski definition) is 3. The highest BCUT2D eigenvalue weighted by atomic mass is 19.1. The molecule has 1 spiro atoms. The lowest BCUT2D eigenvalue weighted by Gasteiger charge is -2.40. The Bertz CT molecular complexity index is 472. The monoisotopic (exact) mass is 295 g/mol. The molecule has 2 amide bonds. The third-order valence-corrected chi connectivity index (χ3v) is 4.86. The van der Waals surface area contributed by atoms with E-state index in [1.54, 1.807) is 4.90 Å². The van der Waals surface area contributed by atoms with Crippen LogP contribution in [0.25, 0.3) is 0 Å². The fraction of sp³-hybridized carbons (Fsp3) is 0.733. The van der Waals surface area contributed by atoms with E-state index in [1.807, 2.05) is 0 Å². The molecule has 0 aromatic heterocycles. The van der Waals surface area contributed by atoms with Crippen LogP contribution in [0.2, 0.25) is 0 Å². The molecule has 0 aliphatic carbocycles. The van der Waals surface area contributed by atoms with Crippen molar-refractivity contribution in [2.75, 3.05) is 39.3 Å². The summed E-state index contributed by atoms with van der Waals surface area (Å²) in [6.45, 7) is 3.56. The molecule has 0 saturated carbocycles. The van der Waals surface area contributed by atoms with Gasteiger partial charge in [-0.2, -0.15) is 0 Å². The van der Waals surface area contributed by atoms with Crippen molar-refractivity contribution >= 4 is 11.8 Å². The molecule has 1 atom stereocenters. The number of halogens is 1. The Morgan fingerprint density at radius 3 is 2.71 bits per heavy atom. The predicted molar refractivity (Wildman–Crippen MR) is 76.1 cm³/mol. The van der Waals surface area contributed by atoms with Crippen molar-refractivity contribution in [3.05, 3.63) is 11.9 Å². The molecule has 0 aromatic rings. The zero-order chi connectivity index (χ0) is 14.9. The average molecular weight is 295 g/mol. The molecule has 1 unspecified atom stereocenters. The van der Waals surface area contributed by atoms with Crippen LogP contribution in [0.4, 0.5) is 4.39 Å². The second-order valence-electron chi connectivity index (χ2n) is 6.42. The van der Waals surface area contributed by atoms with Gasteiger partial charge in [-0.25, -0.2) is 4.39 Å². The van der Waals surface area contributed by atoms with E-state index in [0.717, 1.165) is 32.4 Å². The molecule has 21 heavy (non-hydrogen) atoms. The summed E-state index contributed by atoms with van der Waals surface area (Å²) in [5, 5.41) is 3.35. The minimum Gasteiger partial charge on any atom is -0.334 e. The summed E-state index contributed by atoms with van der Waals surface area (Å²) >= 11 is 0. The minimum atomic E-state index is -0.554. The maximum absolute atomic E-state index is 13.3. The predicted octanol–water partition coefficient (Wildman–Crippen LogP) is 0.674. The van der Waals surface area contributed by atoms with E-state index in [0.29, 0.717) is 26.1 Å². The van der Waals surface area contributed by atoms with Crippen LogP contribution in [0.3, 0.4) is 0 Å². The lowest BCUT2D eigenvalue weighted by Crippen LogP contribution is -2.52. The van der Waals surface area contributed by atoms with Crippen molar-refractivity contribution < 1.29 is 14.0 Å². The second kappa shape index (κ2) is 5.75. The largest absolute Gasteiger partial charge is 0.334 e. The van der Waals surface area contributed by atoms with Gasteiger partial charge in [0.2, 0.25) is 0 Å². The number of rotatable bonds is 0. The fourth-order valence-electron chi connectivity index (χ4n) is 3.67. The molecule has 6 heteroatoms. The third-order valence-electron chi connectivity index (χ3n) is 4.86. The molecule has 3 aliphatic heterocycles. The standard InChI is InChI=1S/C15H22FN3O2/c16-12-3-1-7-18(9-12)13(20)14(21)19-8-2-4-15(11-19)5-6-17-10-15/h3,17H,1-2,4-11H2. The maximum Gasteiger partial charge on any atom is 0.312 e. The third kappa shape index (κ3) is 2.95. The van der Waals surface area contributed by atoms with E-state index in [1.165, 1.54) is 11.0 Å². The molecule has 2 fully saturated rings. The van der Waals surface area contributed by atoms with Crippen molar-refractivity contribution in [3.8, 4) is 0 Å². The Labute approximate surface area is 124 Å². The zero-order valence-electron chi connectivity index (χ0n) is 12.2. The summed E-state index contributed by atoms with van der Waals surface area (Å²) < 4.78 is 13.3. The van der Waals surface area contributed by atoms with Gasteiger partial charge in [-0.3, -0.25) is 9.59 Å². The van der Waals surface area contributed by atoms with Crippen LogP contribution in [0.1, 0.15) is 25.7 Å². The van der Waals surface area contributed by atoms with Crippen LogP contribution in [0.15, 0.2) is 11.9 Å². The first-order valence-electron chi connectivity index (χ1n) is 7.73. The van der Waals surface area contributed by atoms with E-state index < -0.39 is 11.8 Å². The quantitative estimate of drug-likeness (QED) is 0.669. The smallest absolute Gasteiger partial charge is 0.312 e. The first-order valence-corrected chi connectivity index (χ1v) is 7.73. The van der Waals surface area contributed by atoms with Crippen molar-refractivity contribution in [3.63, 3.8) is 0 Å². The molecule has 1 N–H and O–H groups in total. The van der Waals surface area contributed by atoms with Crippen LogP contribution in [0, 0.1) is 5.41 Å². The van der Waals surface area contributed by atoms with E-state index in [-0.39, 0.29) is 17.8 Å². The number of carbonyl (C=O) groups is 2. The highest BCUT2D eigenvalue weighted by molar-refractivity contribution is 6.35. The molecule has 5 nitrogen and oxygen atoms in total. The first-order chi connectivity index (χ1) is 10.1. The number of amides is 2. The molecular weight excluding hydrogens is 273 g/mol. The van der Waals surface area contributed by atoms with Gasteiger partial charge in [0.15, 0.2) is 0 Å².